The molecular weight excluding hydrogens is 424 g/mol. The number of benzene rings is 2. The molecule has 0 aliphatic carbocycles. The highest BCUT2D eigenvalue weighted by atomic mass is 35.5. The Kier molecular flexibility index (Phi) is 6.45. The molecule has 1 amide bonds. The second-order valence-corrected chi connectivity index (χ2v) is 7.02. The number of alkyl halides is 3. The average molecular weight is 439 g/mol. The smallest absolute Gasteiger partial charge is 0.352 e. The first-order valence-electron chi connectivity index (χ1n) is 8.60. The van der Waals surface area contributed by atoms with Crippen LogP contribution in [0.2, 0.25) is 10.2 Å². The van der Waals surface area contributed by atoms with Crippen LogP contribution in [0.25, 0.3) is 11.1 Å². The lowest BCUT2D eigenvalue weighted by atomic mass is 10.0. The van der Waals surface area contributed by atoms with E-state index in [2.05, 4.69) is 10.3 Å². The molecule has 1 N–H and O–H groups in total. The summed E-state index contributed by atoms with van der Waals surface area (Å²) in [5, 5.41) is 3.39. The van der Waals surface area contributed by atoms with Crippen LogP contribution in [0.5, 0.6) is 0 Å². The number of nitrogens with zero attached hydrogens (tertiary/aromatic N) is 1. The molecule has 29 heavy (non-hydrogen) atoms. The van der Waals surface area contributed by atoms with Gasteiger partial charge in [0.1, 0.15) is 5.15 Å². The van der Waals surface area contributed by atoms with Gasteiger partial charge in [0.05, 0.1) is 11.1 Å². The number of hydrogen-bond acceptors (Lipinski definition) is 2. The third-order valence-electron chi connectivity index (χ3n) is 4.27. The Balaban J connectivity index is 1.65. The molecule has 8 heteroatoms. The minimum atomic E-state index is -4.59. The highest BCUT2D eigenvalue weighted by Gasteiger charge is 2.34. The van der Waals surface area contributed by atoms with Crippen LogP contribution in [0.3, 0.4) is 0 Å². The van der Waals surface area contributed by atoms with E-state index in [0.29, 0.717) is 16.6 Å². The van der Waals surface area contributed by atoms with Gasteiger partial charge in [-0.15, -0.1) is 0 Å². The van der Waals surface area contributed by atoms with Gasteiger partial charge in [-0.25, -0.2) is 4.98 Å². The van der Waals surface area contributed by atoms with Crippen LogP contribution in [-0.2, 0) is 12.6 Å². The fraction of sp³-hybridized carbons (Fsp3) is 0.143. The molecule has 3 rings (SSSR count). The molecule has 0 radical (unpaired) electrons. The molecule has 3 aromatic rings. The summed E-state index contributed by atoms with van der Waals surface area (Å²) < 4.78 is 39.1. The van der Waals surface area contributed by atoms with Crippen molar-refractivity contribution in [1.29, 1.82) is 0 Å². The van der Waals surface area contributed by atoms with Gasteiger partial charge >= 0.3 is 6.18 Å². The summed E-state index contributed by atoms with van der Waals surface area (Å²) in [5.41, 5.74) is 1.10. The predicted molar refractivity (Wildman–Crippen MR) is 107 cm³/mol. The van der Waals surface area contributed by atoms with Crippen LogP contribution in [-0.4, -0.2) is 17.4 Å². The van der Waals surface area contributed by atoms with E-state index in [1.807, 2.05) is 18.2 Å². The predicted octanol–water partition coefficient (Wildman–Crippen LogP) is 6.05. The van der Waals surface area contributed by atoms with Gasteiger partial charge in [-0.1, -0.05) is 47.5 Å². The molecule has 0 fully saturated rings. The van der Waals surface area contributed by atoms with Gasteiger partial charge in [-0.3, -0.25) is 4.79 Å². The van der Waals surface area contributed by atoms with Crippen LogP contribution in [0.1, 0.15) is 21.5 Å². The molecule has 0 unspecified atom stereocenters. The van der Waals surface area contributed by atoms with Crippen molar-refractivity contribution in [2.24, 2.45) is 0 Å². The standard InChI is InChI=1S/C21H15Cl2F3N2O/c22-18-11-14(15-7-8-19(23)28-12-15)6-5-13(18)9-10-27-20(29)16-3-1-2-4-17(16)21(24,25)26/h1-8,11-12H,9-10H2,(H,27,29). The second kappa shape index (κ2) is 8.84. The fourth-order valence-electron chi connectivity index (χ4n) is 2.81. The first kappa shape index (κ1) is 21.1. The van der Waals surface area contributed by atoms with Crippen molar-refractivity contribution in [3.63, 3.8) is 0 Å². The molecule has 1 heterocycles. The van der Waals surface area contributed by atoms with E-state index in [9.17, 15) is 18.0 Å². The summed E-state index contributed by atoms with van der Waals surface area (Å²) in [5.74, 6) is -0.780. The number of rotatable bonds is 5. The highest BCUT2D eigenvalue weighted by Crippen LogP contribution is 2.32. The maximum atomic E-state index is 13.0. The van der Waals surface area contributed by atoms with Crippen molar-refractivity contribution in [3.05, 3.63) is 87.7 Å². The van der Waals surface area contributed by atoms with Crippen molar-refractivity contribution >= 4 is 29.1 Å². The monoisotopic (exact) mass is 438 g/mol. The summed E-state index contributed by atoms with van der Waals surface area (Å²) in [6, 6.07) is 13.6. The zero-order valence-electron chi connectivity index (χ0n) is 14.9. The van der Waals surface area contributed by atoms with E-state index in [4.69, 9.17) is 23.2 Å². The average Bonchev–Trinajstić information content (AvgIpc) is 2.69. The van der Waals surface area contributed by atoms with E-state index in [-0.39, 0.29) is 6.54 Å². The topological polar surface area (TPSA) is 42.0 Å². The largest absolute Gasteiger partial charge is 0.417 e. The first-order chi connectivity index (χ1) is 13.8. The molecule has 3 nitrogen and oxygen atoms in total. The summed E-state index contributed by atoms with van der Waals surface area (Å²) in [6.45, 7) is 0.145. The molecule has 0 aliphatic rings. The van der Waals surface area contributed by atoms with Crippen molar-refractivity contribution in [2.75, 3.05) is 6.54 Å². The van der Waals surface area contributed by atoms with Crippen molar-refractivity contribution in [2.45, 2.75) is 12.6 Å². The Labute approximate surface area is 175 Å². The van der Waals surface area contributed by atoms with Gasteiger partial charge in [0.25, 0.3) is 5.91 Å². The van der Waals surface area contributed by atoms with E-state index < -0.39 is 23.2 Å². The van der Waals surface area contributed by atoms with Crippen molar-refractivity contribution in [3.8, 4) is 11.1 Å². The Bertz CT molecular complexity index is 1020. The summed E-state index contributed by atoms with van der Waals surface area (Å²) in [7, 11) is 0. The molecule has 0 bridgehead atoms. The van der Waals surface area contributed by atoms with Crippen LogP contribution in [0.15, 0.2) is 60.8 Å². The lowest BCUT2D eigenvalue weighted by Gasteiger charge is -2.13. The van der Waals surface area contributed by atoms with Crippen LogP contribution < -0.4 is 5.32 Å². The number of pyridine rings is 1. The minimum Gasteiger partial charge on any atom is -0.352 e. The van der Waals surface area contributed by atoms with Crippen molar-refractivity contribution < 1.29 is 18.0 Å². The number of aromatic nitrogens is 1. The van der Waals surface area contributed by atoms with Gasteiger partial charge in [0.2, 0.25) is 0 Å². The Morgan fingerprint density at radius 2 is 1.72 bits per heavy atom. The van der Waals surface area contributed by atoms with Gasteiger partial charge in [0.15, 0.2) is 0 Å². The summed E-state index contributed by atoms with van der Waals surface area (Å²) >= 11 is 12.1. The lowest BCUT2D eigenvalue weighted by molar-refractivity contribution is -0.137. The maximum Gasteiger partial charge on any atom is 0.417 e. The molecule has 1 aromatic heterocycles. The van der Waals surface area contributed by atoms with Gasteiger partial charge < -0.3 is 5.32 Å². The van der Waals surface area contributed by atoms with Gasteiger partial charge in [0, 0.05) is 23.3 Å². The summed E-state index contributed by atoms with van der Waals surface area (Å²) in [6.07, 6.45) is -2.59. The Morgan fingerprint density at radius 1 is 1.00 bits per heavy atom. The molecule has 2 aromatic carbocycles. The molecule has 0 aliphatic heterocycles. The van der Waals surface area contributed by atoms with E-state index in [0.717, 1.165) is 28.8 Å². The number of hydrogen-bond donors (Lipinski definition) is 1. The number of carbonyl (C=O) groups is 1. The van der Waals surface area contributed by atoms with Gasteiger partial charge in [-0.05, 0) is 47.9 Å². The molecular formula is C21H15Cl2F3N2O. The van der Waals surface area contributed by atoms with E-state index in [1.54, 1.807) is 18.3 Å². The normalized spacial score (nSPS) is 11.3. The number of halogens is 5. The third kappa shape index (κ3) is 5.28. The molecule has 0 saturated heterocycles. The highest BCUT2D eigenvalue weighted by molar-refractivity contribution is 6.31. The maximum absolute atomic E-state index is 13.0. The minimum absolute atomic E-state index is 0.145. The number of amides is 1. The summed E-state index contributed by atoms with van der Waals surface area (Å²) in [4.78, 5) is 16.2. The first-order valence-corrected chi connectivity index (χ1v) is 9.36. The Morgan fingerprint density at radius 3 is 2.38 bits per heavy atom. The quantitative estimate of drug-likeness (QED) is 0.492. The molecule has 0 saturated carbocycles. The van der Waals surface area contributed by atoms with Crippen LogP contribution in [0.4, 0.5) is 13.2 Å². The van der Waals surface area contributed by atoms with E-state index in [1.165, 1.54) is 12.1 Å². The number of nitrogens with one attached hydrogen (secondary N) is 1. The van der Waals surface area contributed by atoms with Gasteiger partial charge in [-0.2, -0.15) is 13.2 Å². The number of carbonyl (C=O) groups excluding carboxylic acids is 1. The van der Waals surface area contributed by atoms with E-state index >= 15 is 0 Å². The lowest BCUT2D eigenvalue weighted by Crippen LogP contribution is -2.28. The third-order valence-corrected chi connectivity index (χ3v) is 4.85. The van der Waals surface area contributed by atoms with Crippen LogP contribution >= 0.6 is 23.2 Å². The zero-order chi connectivity index (χ0) is 21.0. The van der Waals surface area contributed by atoms with Crippen molar-refractivity contribution in [1.82, 2.24) is 10.3 Å². The van der Waals surface area contributed by atoms with Crippen LogP contribution in [0, 0.1) is 0 Å². The Hall–Kier alpha value is -2.57. The molecule has 0 atom stereocenters. The zero-order valence-corrected chi connectivity index (χ0v) is 16.4. The fourth-order valence-corrected chi connectivity index (χ4v) is 3.20. The SMILES string of the molecule is O=C(NCCc1ccc(-c2ccc(Cl)nc2)cc1Cl)c1ccccc1C(F)(F)F. The molecule has 0 spiro atoms. The second-order valence-electron chi connectivity index (χ2n) is 6.23. The molecule has 150 valence electrons.